The van der Waals surface area contributed by atoms with Gasteiger partial charge in [0.15, 0.2) is 0 Å². The molecule has 0 spiro atoms. The molecule has 3 rings (SSSR count). The summed E-state index contributed by atoms with van der Waals surface area (Å²) in [5, 5.41) is 0. The van der Waals surface area contributed by atoms with Gasteiger partial charge in [-0.3, -0.25) is 4.79 Å². The molecule has 1 N–H and O–H groups in total. The number of carbonyl (C=O) groups is 1. The molecule has 0 atom stereocenters. The van der Waals surface area contributed by atoms with Crippen molar-refractivity contribution in [2.75, 3.05) is 7.11 Å². The molecule has 0 aromatic heterocycles. The first kappa shape index (κ1) is 22.1. The van der Waals surface area contributed by atoms with Gasteiger partial charge in [-0.1, -0.05) is 25.7 Å². The minimum absolute atomic E-state index is 0.0126. The number of hydrogen-bond acceptors (Lipinski definition) is 4. The van der Waals surface area contributed by atoms with Crippen molar-refractivity contribution in [2.45, 2.75) is 94.7 Å². The highest BCUT2D eigenvalue weighted by molar-refractivity contribution is 7.89. The van der Waals surface area contributed by atoms with Crippen LogP contribution in [-0.4, -0.2) is 44.0 Å². The average molecular weight is 423 g/mol. The molecule has 0 saturated heterocycles. The molecule has 2 saturated carbocycles. The minimum Gasteiger partial charge on any atom is -0.495 e. The van der Waals surface area contributed by atoms with Gasteiger partial charge in [0.1, 0.15) is 10.6 Å². The summed E-state index contributed by atoms with van der Waals surface area (Å²) in [6.45, 7) is 5.36. The lowest BCUT2D eigenvalue weighted by Crippen LogP contribution is -2.45. The lowest BCUT2D eigenvalue weighted by molar-refractivity contribution is 0.0580. The van der Waals surface area contributed by atoms with Gasteiger partial charge in [0.05, 0.1) is 7.11 Å². The number of nitrogens with one attached hydrogen (secondary N) is 1. The number of methoxy groups -OCH3 is 1. The third-order valence-electron chi connectivity index (χ3n) is 5.81. The second kappa shape index (κ2) is 8.64. The first-order valence-corrected chi connectivity index (χ1v) is 12.2. The van der Waals surface area contributed by atoms with Gasteiger partial charge in [0.25, 0.3) is 5.91 Å². The molecule has 0 aliphatic heterocycles. The van der Waals surface area contributed by atoms with Crippen LogP contribution in [0.2, 0.25) is 0 Å². The molecule has 7 heteroatoms. The smallest absolute Gasteiger partial charge is 0.254 e. The van der Waals surface area contributed by atoms with Gasteiger partial charge in [0.2, 0.25) is 10.0 Å². The van der Waals surface area contributed by atoms with Gasteiger partial charge in [0, 0.05) is 23.2 Å². The molecule has 1 aromatic carbocycles. The van der Waals surface area contributed by atoms with E-state index in [-0.39, 0.29) is 28.6 Å². The molecule has 1 amide bonds. The number of nitrogens with zero attached hydrogens (tertiary/aromatic N) is 1. The Hall–Kier alpha value is -1.60. The number of benzene rings is 1. The molecule has 1 aromatic rings. The molecule has 6 nitrogen and oxygen atoms in total. The molecule has 162 valence electrons. The molecular formula is C22H34N2O4S. The highest BCUT2D eigenvalue weighted by Crippen LogP contribution is 2.34. The Bertz CT molecular complexity index is 817. The first-order chi connectivity index (χ1) is 13.6. The second-order valence-electron chi connectivity index (χ2n) is 9.31. The molecule has 0 heterocycles. The highest BCUT2D eigenvalue weighted by atomic mass is 32.2. The molecule has 29 heavy (non-hydrogen) atoms. The monoisotopic (exact) mass is 422 g/mol. The van der Waals surface area contributed by atoms with Crippen LogP contribution in [0.5, 0.6) is 5.75 Å². The Morgan fingerprint density at radius 1 is 1.03 bits per heavy atom. The highest BCUT2D eigenvalue weighted by Gasteiger charge is 2.35. The lowest BCUT2D eigenvalue weighted by atomic mass is 10.1. The van der Waals surface area contributed by atoms with Crippen LogP contribution >= 0.6 is 0 Å². The SMILES string of the molecule is COc1ccc(C(=O)N(C2CCCC2)C2CCCC2)cc1S(=O)(=O)NC(C)(C)C. The zero-order chi connectivity index (χ0) is 21.2. The van der Waals surface area contributed by atoms with E-state index < -0.39 is 15.6 Å². The van der Waals surface area contributed by atoms with Crippen molar-refractivity contribution in [1.29, 1.82) is 0 Å². The van der Waals surface area contributed by atoms with Crippen molar-refractivity contribution in [3.8, 4) is 5.75 Å². The van der Waals surface area contributed by atoms with Crippen molar-refractivity contribution < 1.29 is 17.9 Å². The topological polar surface area (TPSA) is 75.7 Å². The second-order valence-corrected chi connectivity index (χ2v) is 11.0. The van der Waals surface area contributed by atoms with Crippen LogP contribution in [0.1, 0.15) is 82.5 Å². The Morgan fingerprint density at radius 2 is 1.55 bits per heavy atom. The van der Waals surface area contributed by atoms with Gasteiger partial charge in [-0.15, -0.1) is 0 Å². The summed E-state index contributed by atoms with van der Waals surface area (Å²) in [4.78, 5) is 15.6. The van der Waals surface area contributed by atoms with Crippen LogP contribution in [0.4, 0.5) is 0 Å². The maximum atomic E-state index is 13.6. The maximum absolute atomic E-state index is 13.6. The molecule has 2 aliphatic rings. The van der Waals surface area contributed by atoms with Gasteiger partial charge >= 0.3 is 0 Å². The normalized spacial score (nSPS) is 18.9. The zero-order valence-electron chi connectivity index (χ0n) is 18.0. The van der Waals surface area contributed by atoms with Gasteiger partial charge < -0.3 is 9.64 Å². The van der Waals surface area contributed by atoms with Crippen LogP contribution in [0.25, 0.3) is 0 Å². The predicted molar refractivity (Wildman–Crippen MR) is 114 cm³/mol. The third-order valence-corrected chi connectivity index (χ3v) is 7.59. The Kier molecular flexibility index (Phi) is 6.58. The summed E-state index contributed by atoms with van der Waals surface area (Å²) in [5.41, 5.74) is -0.220. The molecule has 2 fully saturated rings. The summed E-state index contributed by atoms with van der Waals surface area (Å²) in [6.07, 6.45) is 8.75. The van der Waals surface area contributed by atoms with E-state index in [1.807, 2.05) is 0 Å². The van der Waals surface area contributed by atoms with Crippen molar-refractivity contribution >= 4 is 15.9 Å². The van der Waals surface area contributed by atoms with E-state index in [9.17, 15) is 13.2 Å². The molecule has 2 aliphatic carbocycles. The van der Waals surface area contributed by atoms with Crippen LogP contribution in [-0.2, 0) is 10.0 Å². The summed E-state index contributed by atoms with van der Waals surface area (Å²) in [7, 11) is -2.39. The summed E-state index contributed by atoms with van der Waals surface area (Å²) >= 11 is 0. The Balaban J connectivity index is 1.97. The average Bonchev–Trinajstić information content (AvgIpc) is 3.34. The van der Waals surface area contributed by atoms with E-state index in [0.717, 1.165) is 51.4 Å². The maximum Gasteiger partial charge on any atom is 0.254 e. The number of rotatable bonds is 6. The van der Waals surface area contributed by atoms with E-state index in [1.54, 1.807) is 32.9 Å². The van der Waals surface area contributed by atoms with Crippen LogP contribution in [0.15, 0.2) is 23.1 Å². The standard InChI is InChI=1S/C22H34N2O4S/c1-22(2,3)23-29(26,27)20-15-16(13-14-19(20)28-4)21(25)24(17-9-5-6-10-17)18-11-7-8-12-18/h13-15,17-18,23H,5-12H2,1-4H3. The largest absolute Gasteiger partial charge is 0.495 e. The van der Waals surface area contributed by atoms with Crippen LogP contribution < -0.4 is 9.46 Å². The fourth-order valence-electron chi connectivity index (χ4n) is 4.62. The van der Waals surface area contributed by atoms with Crippen molar-refractivity contribution in [3.63, 3.8) is 0 Å². The van der Waals surface area contributed by atoms with E-state index in [0.29, 0.717) is 5.56 Å². The lowest BCUT2D eigenvalue weighted by Gasteiger charge is -2.35. The fourth-order valence-corrected chi connectivity index (χ4v) is 6.24. The Morgan fingerprint density at radius 3 is 2.00 bits per heavy atom. The van der Waals surface area contributed by atoms with Crippen molar-refractivity contribution in [2.24, 2.45) is 0 Å². The van der Waals surface area contributed by atoms with Crippen LogP contribution in [0.3, 0.4) is 0 Å². The number of ether oxygens (including phenoxy) is 1. The number of amides is 1. The van der Waals surface area contributed by atoms with Crippen molar-refractivity contribution in [1.82, 2.24) is 9.62 Å². The summed E-state index contributed by atoms with van der Waals surface area (Å²) < 4.78 is 33.9. The van der Waals surface area contributed by atoms with E-state index in [4.69, 9.17) is 4.74 Å². The quantitative estimate of drug-likeness (QED) is 0.749. The summed E-state index contributed by atoms with van der Waals surface area (Å²) in [6, 6.07) is 5.28. The van der Waals surface area contributed by atoms with Gasteiger partial charge in [-0.05, 0) is 64.7 Å². The first-order valence-electron chi connectivity index (χ1n) is 10.7. The summed E-state index contributed by atoms with van der Waals surface area (Å²) in [5.74, 6) is 0.185. The number of sulfonamides is 1. The van der Waals surface area contributed by atoms with E-state index in [2.05, 4.69) is 9.62 Å². The minimum atomic E-state index is -3.83. The fraction of sp³-hybridized carbons (Fsp3) is 0.682. The predicted octanol–water partition coefficient (Wildman–Crippen LogP) is 4.10. The van der Waals surface area contributed by atoms with E-state index >= 15 is 0 Å². The van der Waals surface area contributed by atoms with Crippen LogP contribution in [0, 0.1) is 0 Å². The van der Waals surface area contributed by atoms with E-state index in [1.165, 1.54) is 13.2 Å². The number of hydrogen-bond donors (Lipinski definition) is 1. The zero-order valence-corrected chi connectivity index (χ0v) is 18.8. The third kappa shape index (κ3) is 5.12. The number of carbonyl (C=O) groups excluding carboxylic acids is 1. The molecule has 0 bridgehead atoms. The molecule has 0 radical (unpaired) electrons. The molecular weight excluding hydrogens is 388 g/mol. The van der Waals surface area contributed by atoms with Crippen molar-refractivity contribution in [3.05, 3.63) is 23.8 Å². The Labute approximate surface area is 175 Å². The van der Waals surface area contributed by atoms with Gasteiger partial charge in [-0.2, -0.15) is 0 Å². The molecule has 0 unspecified atom stereocenters. The van der Waals surface area contributed by atoms with Gasteiger partial charge in [-0.25, -0.2) is 13.1 Å².